The topological polar surface area (TPSA) is 71.2 Å². The van der Waals surface area contributed by atoms with Crippen molar-refractivity contribution in [1.29, 1.82) is 0 Å². The van der Waals surface area contributed by atoms with Crippen molar-refractivity contribution >= 4 is 27.3 Å². The molecule has 0 aliphatic carbocycles. The molecule has 5 heteroatoms. The molecule has 14 heavy (non-hydrogen) atoms. The van der Waals surface area contributed by atoms with Crippen LogP contribution in [0.2, 0.25) is 0 Å². The molecule has 1 atom stereocenters. The first-order valence-electron chi connectivity index (χ1n) is 4.42. The molecular weight excluding hydrogens is 246 g/mol. The van der Waals surface area contributed by atoms with Gasteiger partial charge in [0.05, 0.1) is 28.1 Å². The Morgan fingerprint density at radius 2 is 2.36 bits per heavy atom. The van der Waals surface area contributed by atoms with Gasteiger partial charge in [0.2, 0.25) is 0 Å². The molecule has 1 unspecified atom stereocenters. The van der Waals surface area contributed by atoms with Gasteiger partial charge in [-0.3, -0.25) is 4.98 Å². The van der Waals surface area contributed by atoms with Gasteiger partial charge in [0.15, 0.2) is 0 Å². The van der Waals surface area contributed by atoms with E-state index in [0.717, 1.165) is 10.2 Å². The highest BCUT2D eigenvalue weighted by Gasteiger charge is 2.04. The van der Waals surface area contributed by atoms with Crippen molar-refractivity contribution < 1.29 is 5.11 Å². The Labute approximate surface area is 91.7 Å². The lowest BCUT2D eigenvalue weighted by Crippen LogP contribution is -2.11. The van der Waals surface area contributed by atoms with Gasteiger partial charge in [0.25, 0.3) is 0 Å². The van der Waals surface area contributed by atoms with Gasteiger partial charge in [-0.15, -0.1) is 0 Å². The molecule has 0 saturated carbocycles. The lowest BCUT2D eigenvalue weighted by molar-refractivity contribution is 0.189. The molecule has 1 rings (SSSR count). The highest BCUT2D eigenvalue weighted by Crippen LogP contribution is 2.26. The molecule has 0 aliphatic rings. The van der Waals surface area contributed by atoms with Crippen LogP contribution >= 0.6 is 15.9 Å². The summed E-state index contributed by atoms with van der Waals surface area (Å²) in [6.45, 7) is 2.44. The maximum absolute atomic E-state index is 9.07. The molecule has 1 aromatic rings. The van der Waals surface area contributed by atoms with Crippen molar-refractivity contribution in [2.75, 3.05) is 17.6 Å². The third-order valence-corrected chi connectivity index (χ3v) is 2.39. The van der Waals surface area contributed by atoms with Crippen LogP contribution in [0.25, 0.3) is 0 Å². The predicted octanol–water partition coefficient (Wildman–Crippen LogP) is 1.61. The highest BCUT2D eigenvalue weighted by molar-refractivity contribution is 9.10. The number of rotatable bonds is 4. The first kappa shape index (κ1) is 11.3. The zero-order chi connectivity index (χ0) is 10.6. The normalized spacial score (nSPS) is 12.5. The van der Waals surface area contributed by atoms with Gasteiger partial charge in [-0.05, 0) is 29.3 Å². The van der Waals surface area contributed by atoms with E-state index in [2.05, 4.69) is 26.2 Å². The minimum absolute atomic E-state index is 0.302. The monoisotopic (exact) mass is 259 g/mol. The fraction of sp³-hybridized carbons (Fsp3) is 0.444. The molecular formula is C9H14BrN3O. The Bertz CT molecular complexity index is 284. The zero-order valence-electron chi connectivity index (χ0n) is 8.00. The Morgan fingerprint density at radius 3 is 2.93 bits per heavy atom. The van der Waals surface area contributed by atoms with Crippen LogP contribution < -0.4 is 11.1 Å². The lowest BCUT2D eigenvalue weighted by atomic mass is 10.2. The van der Waals surface area contributed by atoms with E-state index in [9.17, 15) is 0 Å². The molecule has 0 radical (unpaired) electrons. The lowest BCUT2D eigenvalue weighted by Gasteiger charge is -2.11. The predicted molar refractivity (Wildman–Crippen MR) is 61.1 cm³/mol. The van der Waals surface area contributed by atoms with E-state index < -0.39 is 0 Å². The SMILES string of the molecule is CC(O)CCNc1c(N)cncc1Br. The van der Waals surface area contributed by atoms with E-state index >= 15 is 0 Å². The smallest absolute Gasteiger partial charge is 0.0750 e. The molecule has 0 bridgehead atoms. The Kier molecular flexibility index (Phi) is 4.16. The average Bonchev–Trinajstić information content (AvgIpc) is 2.09. The van der Waals surface area contributed by atoms with Crippen molar-refractivity contribution in [3.8, 4) is 0 Å². The van der Waals surface area contributed by atoms with Crippen molar-refractivity contribution in [2.24, 2.45) is 0 Å². The van der Waals surface area contributed by atoms with E-state index in [1.165, 1.54) is 0 Å². The number of nitrogens with two attached hydrogens (primary N) is 1. The summed E-state index contributed by atoms with van der Waals surface area (Å²) in [5.74, 6) is 0. The number of anilines is 2. The molecule has 0 spiro atoms. The molecule has 1 heterocycles. The second-order valence-corrected chi connectivity index (χ2v) is 4.00. The third kappa shape index (κ3) is 3.16. The van der Waals surface area contributed by atoms with Gasteiger partial charge >= 0.3 is 0 Å². The number of hydrogen-bond donors (Lipinski definition) is 3. The van der Waals surface area contributed by atoms with Crippen LogP contribution in [-0.2, 0) is 0 Å². The summed E-state index contributed by atoms with van der Waals surface area (Å²) in [5, 5.41) is 12.2. The quantitative estimate of drug-likeness (QED) is 0.769. The van der Waals surface area contributed by atoms with Gasteiger partial charge in [-0.25, -0.2) is 0 Å². The van der Waals surface area contributed by atoms with E-state index in [-0.39, 0.29) is 6.10 Å². The first-order chi connectivity index (χ1) is 6.61. The summed E-state index contributed by atoms with van der Waals surface area (Å²) in [5.41, 5.74) is 7.16. The summed E-state index contributed by atoms with van der Waals surface area (Å²) in [7, 11) is 0. The maximum atomic E-state index is 9.07. The largest absolute Gasteiger partial charge is 0.396 e. The Morgan fingerprint density at radius 1 is 1.64 bits per heavy atom. The van der Waals surface area contributed by atoms with Crippen LogP contribution in [0, 0.1) is 0 Å². The summed E-state index contributed by atoms with van der Waals surface area (Å²) in [6, 6.07) is 0. The van der Waals surface area contributed by atoms with E-state index in [1.807, 2.05) is 0 Å². The first-order valence-corrected chi connectivity index (χ1v) is 5.21. The van der Waals surface area contributed by atoms with Gasteiger partial charge in [-0.2, -0.15) is 0 Å². The van der Waals surface area contributed by atoms with Gasteiger partial charge in [-0.1, -0.05) is 0 Å². The number of aromatic nitrogens is 1. The number of nitrogen functional groups attached to an aromatic ring is 1. The van der Waals surface area contributed by atoms with E-state index in [0.29, 0.717) is 18.7 Å². The number of aliphatic hydroxyl groups is 1. The van der Waals surface area contributed by atoms with Crippen molar-refractivity contribution in [1.82, 2.24) is 4.98 Å². The molecule has 0 aliphatic heterocycles. The van der Waals surface area contributed by atoms with Gasteiger partial charge in [0, 0.05) is 12.7 Å². The number of hydrogen-bond acceptors (Lipinski definition) is 4. The summed E-state index contributed by atoms with van der Waals surface area (Å²) < 4.78 is 0.836. The number of pyridine rings is 1. The standard InChI is InChI=1S/C9H14BrN3O/c1-6(14)2-3-13-9-7(10)4-12-5-8(9)11/h4-6,14H,2-3,11H2,1H3,(H,12,13). The molecule has 4 N–H and O–H groups in total. The van der Waals surface area contributed by atoms with Crippen LogP contribution in [0.4, 0.5) is 11.4 Å². The molecule has 0 aromatic carbocycles. The minimum atomic E-state index is -0.302. The molecule has 1 aromatic heterocycles. The van der Waals surface area contributed by atoms with Crippen LogP contribution in [0.1, 0.15) is 13.3 Å². The van der Waals surface area contributed by atoms with Crippen LogP contribution in [0.15, 0.2) is 16.9 Å². The molecule has 0 amide bonds. The van der Waals surface area contributed by atoms with Crippen molar-refractivity contribution in [3.63, 3.8) is 0 Å². The summed E-state index contributed by atoms with van der Waals surface area (Å²) >= 11 is 3.35. The maximum Gasteiger partial charge on any atom is 0.0750 e. The number of aliphatic hydroxyl groups excluding tert-OH is 1. The van der Waals surface area contributed by atoms with E-state index in [4.69, 9.17) is 10.8 Å². The van der Waals surface area contributed by atoms with Gasteiger partial charge in [0.1, 0.15) is 0 Å². The third-order valence-electron chi connectivity index (χ3n) is 1.79. The second-order valence-electron chi connectivity index (χ2n) is 3.15. The fourth-order valence-electron chi connectivity index (χ4n) is 1.04. The van der Waals surface area contributed by atoms with Crippen molar-refractivity contribution in [2.45, 2.75) is 19.4 Å². The molecule has 4 nitrogen and oxygen atoms in total. The van der Waals surface area contributed by atoms with Crippen LogP contribution in [0.5, 0.6) is 0 Å². The molecule has 78 valence electrons. The number of nitrogens with zero attached hydrogens (tertiary/aromatic N) is 1. The Balaban J connectivity index is 2.58. The summed E-state index contributed by atoms with van der Waals surface area (Å²) in [4.78, 5) is 3.93. The number of nitrogens with one attached hydrogen (secondary N) is 1. The average molecular weight is 260 g/mol. The minimum Gasteiger partial charge on any atom is -0.396 e. The molecule has 0 fully saturated rings. The number of halogens is 1. The van der Waals surface area contributed by atoms with Crippen LogP contribution in [-0.4, -0.2) is 22.7 Å². The fourth-order valence-corrected chi connectivity index (χ4v) is 1.53. The van der Waals surface area contributed by atoms with Crippen LogP contribution in [0.3, 0.4) is 0 Å². The second kappa shape index (κ2) is 5.17. The van der Waals surface area contributed by atoms with E-state index in [1.54, 1.807) is 19.3 Å². The van der Waals surface area contributed by atoms with Crippen molar-refractivity contribution in [3.05, 3.63) is 16.9 Å². The summed E-state index contributed by atoms with van der Waals surface area (Å²) in [6.07, 6.45) is 3.66. The molecule has 0 saturated heterocycles. The van der Waals surface area contributed by atoms with Gasteiger partial charge < -0.3 is 16.2 Å². The highest BCUT2D eigenvalue weighted by atomic mass is 79.9. The Hall–Kier alpha value is -0.810. The zero-order valence-corrected chi connectivity index (χ0v) is 9.58.